The molecule has 0 bridgehead atoms. The summed E-state index contributed by atoms with van der Waals surface area (Å²) in [5, 5.41) is 2.84. The third kappa shape index (κ3) is 4.24. The topological polar surface area (TPSA) is 72.5 Å². The Morgan fingerprint density at radius 3 is 2.61 bits per heavy atom. The lowest BCUT2D eigenvalue weighted by Crippen LogP contribution is -2.48. The average Bonchev–Trinajstić information content (AvgIpc) is 2.36. The van der Waals surface area contributed by atoms with Crippen LogP contribution in [0.15, 0.2) is 0 Å². The lowest BCUT2D eigenvalue weighted by molar-refractivity contribution is -0.137. The van der Waals surface area contributed by atoms with Crippen LogP contribution >= 0.6 is 0 Å². The molecule has 1 saturated carbocycles. The van der Waals surface area contributed by atoms with Gasteiger partial charge in [0, 0.05) is 6.04 Å². The van der Waals surface area contributed by atoms with Crippen LogP contribution in [-0.4, -0.2) is 45.1 Å². The summed E-state index contributed by atoms with van der Waals surface area (Å²) < 4.78 is 28.8. The van der Waals surface area contributed by atoms with Gasteiger partial charge in [0.15, 0.2) is 9.84 Å². The van der Waals surface area contributed by atoms with Crippen molar-refractivity contribution in [1.29, 1.82) is 0 Å². The van der Waals surface area contributed by atoms with Crippen LogP contribution in [0.3, 0.4) is 0 Å². The Morgan fingerprint density at radius 1 is 1.33 bits per heavy atom. The van der Waals surface area contributed by atoms with E-state index >= 15 is 0 Å². The van der Waals surface area contributed by atoms with Crippen molar-refractivity contribution in [2.75, 3.05) is 19.4 Å². The molecule has 0 saturated heterocycles. The first-order chi connectivity index (χ1) is 8.51. The van der Waals surface area contributed by atoms with Crippen molar-refractivity contribution in [3.05, 3.63) is 0 Å². The van der Waals surface area contributed by atoms with E-state index in [0.717, 1.165) is 32.2 Å². The molecule has 2 unspecified atom stereocenters. The highest BCUT2D eigenvalue weighted by molar-refractivity contribution is 7.92. The molecule has 106 valence electrons. The zero-order valence-corrected chi connectivity index (χ0v) is 12.0. The number of rotatable bonds is 6. The molecule has 0 spiro atoms. The van der Waals surface area contributed by atoms with Crippen molar-refractivity contribution in [3.8, 4) is 0 Å². The average molecular weight is 277 g/mol. The number of sulfone groups is 1. The van der Waals surface area contributed by atoms with Crippen molar-refractivity contribution in [2.24, 2.45) is 0 Å². The molecule has 1 N–H and O–H groups in total. The molecule has 0 aliphatic heterocycles. The Balaban J connectivity index is 2.72. The molecule has 18 heavy (non-hydrogen) atoms. The predicted molar refractivity (Wildman–Crippen MR) is 70.1 cm³/mol. The molecule has 2 atom stereocenters. The van der Waals surface area contributed by atoms with E-state index in [0.29, 0.717) is 6.42 Å². The summed E-state index contributed by atoms with van der Waals surface area (Å²) in [5.41, 5.74) is 0. The van der Waals surface area contributed by atoms with Crippen LogP contribution in [0, 0.1) is 0 Å². The van der Waals surface area contributed by atoms with Crippen molar-refractivity contribution in [3.63, 3.8) is 0 Å². The molecule has 0 heterocycles. The molecule has 1 rings (SSSR count). The summed E-state index contributed by atoms with van der Waals surface area (Å²) in [5.74, 6) is -1.17. The zero-order valence-electron chi connectivity index (χ0n) is 11.1. The van der Waals surface area contributed by atoms with Gasteiger partial charge < -0.3 is 10.1 Å². The van der Waals surface area contributed by atoms with Gasteiger partial charge in [-0.3, -0.25) is 4.79 Å². The lowest BCUT2D eigenvalue weighted by atomic mass is 9.95. The van der Waals surface area contributed by atoms with Gasteiger partial charge in [-0.1, -0.05) is 19.8 Å². The first kappa shape index (κ1) is 15.4. The lowest BCUT2D eigenvalue weighted by Gasteiger charge is -2.31. The van der Waals surface area contributed by atoms with Gasteiger partial charge in [-0.15, -0.1) is 0 Å². The van der Waals surface area contributed by atoms with Crippen molar-refractivity contribution >= 4 is 15.8 Å². The molecular weight excluding hydrogens is 254 g/mol. The smallest absolute Gasteiger partial charge is 0.320 e. The second-order valence-corrected chi connectivity index (χ2v) is 6.99. The fourth-order valence-electron chi connectivity index (χ4n) is 2.42. The van der Waals surface area contributed by atoms with Crippen molar-refractivity contribution < 1.29 is 17.9 Å². The van der Waals surface area contributed by atoms with Gasteiger partial charge >= 0.3 is 5.97 Å². The van der Waals surface area contributed by atoms with Gasteiger partial charge in [0.25, 0.3) is 0 Å². The molecule has 0 aromatic carbocycles. The third-order valence-corrected chi connectivity index (χ3v) is 5.49. The Hall–Kier alpha value is -0.620. The number of ether oxygens (including phenoxy) is 1. The molecular formula is C12H23NO4S. The SMILES string of the molecule is CCCNC1CCCCC1S(=O)(=O)CC(=O)OC. The number of hydrogen-bond acceptors (Lipinski definition) is 5. The van der Waals surface area contributed by atoms with Crippen LogP contribution in [0.1, 0.15) is 39.0 Å². The first-order valence-corrected chi connectivity index (χ1v) is 8.24. The standard InChI is InChI=1S/C12H23NO4S/c1-3-8-13-10-6-4-5-7-11(10)18(15,16)9-12(14)17-2/h10-11,13H,3-9H2,1-2H3. The fourth-order valence-corrected chi connectivity index (χ4v) is 4.34. The highest BCUT2D eigenvalue weighted by Crippen LogP contribution is 2.25. The van der Waals surface area contributed by atoms with Gasteiger partial charge in [-0.05, 0) is 25.8 Å². The summed E-state index contributed by atoms with van der Waals surface area (Å²) in [6.07, 6.45) is 4.44. The number of hydrogen-bond donors (Lipinski definition) is 1. The van der Waals surface area contributed by atoms with Crippen LogP contribution in [0.25, 0.3) is 0 Å². The van der Waals surface area contributed by atoms with E-state index in [4.69, 9.17) is 0 Å². The Kier molecular flexibility index (Phi) is 6.08. The van der Waals surface area contributed by atoms with Crippen molar-refractivity contribution in [1.82, 2.24) is 5.32 Å². The van der Waals surface area contributed by atoms with Crippen LogP contribution in [0.2, 0.25) is 0 Å². The molecule has 6 heteroatoms. The fraction of sp³-hybridized carbons (Fsp3) is 0.917. The minimum atomic E-state index is -3.41. The second kappa shape index (κ2) is 7.09. The minimum Gasteiger partial charge on any atom is -0.468 e. The minimum absolute atomic E-state index is 0.0200. The maximum atomic E-state index is 12.2. The number of esters is 1. The van der Waals surface area contributed by atoms with Crippen LogP contribution in [-0.2, 0) is 19.4 Å². The second-order valence-electron chi connectivity index (χ2n) is 4.77. The normalized spacial score (nSPS) is 24.8. The van der Waals surface area contributed by atoms with E-state index in [1.807, 2.05) is 6.92 Å². The molecule has 1 fully saturated rings. The quantitative estimate of drug-likeness (QED) is 0.730. The number of nitrogens with one attached hydrogen (secondary N) is 1. The van der Waals surface area contributed by atoms with E-state index in [1.54, 1.807) is 0 Å². The van der Waals surface area contributed by atoms with Crippen molar-refractivity contribution in [2.45, 2.75) is 50.3 Å². The molecule has 1 aliphatic rings. The molecule has 1 aliphatic carbocycles. The Morgan fingerprint density at radius 2 is 2.00 bits per heavy atom. The molecule has 0 aromatic rings. The predicted octanol–water partition coefficient (Wildman–Crippen LogP) is 0.885. The van der Waals surface area contributed by atoms with Gasteiger partial charge in [0.1, 0.15) is 5.75 Å². The van der Waals surface area contributed by atoms with Gasteiger partial charge in [0.2, 0.25) is 0 Å². The third-order valence-electron chi connectivity index (χ3n) is 3.37. The van der Waals surface area contributed by atoms with E-state index in [1.165, 1.54) is 7.11 Å². The van der Waals surface area contributed by atoms with E-state index in [9.17, 15) is 13.2 Å². The number of carbonyl (C=O) groups is 1. The van der Waals surface area contributed by atoms with E-state index < -0.39 is 26.8 Å². The highest BCUT2D eigenvalue weighted by Gasteiger charge is 2.36. The summed E-state index contributed by atoms with van der Waals surface area (Å²) in [6.45, 7) is 2.86. The molecule has 5 nitrogen and oxygen atoms in total. The zero-order chi connectivity index (χ0) is 13.6. The molecule has 0 aromatic heterocycles. The highest BCUT2D eigenvalue weighted by atomic mass is 32.2. The molecule has 0 radical (unpaired) electrons. The Bertz CT molecular complexity index is 366. The summed E-state index contributed by atoms with van der Waals surface area (Å²) >= 11 is 0. The van der Waals surface area contributed by atoms with Crippen LogP contribution in [0.5, 0.6) is 0 Å². The summed E-state index contributed by atoms with van der Waals surface area (Å²) in [4.78, 5) is 11.2. The summed E-state index contributed by atoms with van der Waals surface area (Å²) in [7, 11) is -2.20. The number of methoxy groups -OCH3 is 1. The monoisotopic (exact) mass is 277 g/mol. The van der Waals surface area contributed by atoms with Gasteiger partial charge in [0.05, 0.1) is 12.4 Å². The van der Waals surface area contributed by atoms with E-state index in [2.05, 4.69) is 10.1 Å². The number of carbonyl (C=O) groups excluding carboxylic acids is 1. The van der Waals surface area contributed by atoms with E-state index in [-0.39, 0.29) is 6.04 Å². The largest absolute Gasteiger partial charge is 0.468 e. The maximum absolute atomic E-state index is 12.2. The Labute approximate surface area is 109 Å². The first-order valence-electron chi connectivity index (χ1n) is 6.53. The summed E-state index contributed by atoms with van der Waals surface area (Å²) in [6, 6.07) is -0.0200. The van der Waals surface area contributed by atoms with Crippen LogP contribution < -0.4 is 5.32 Å². The van der Waals surface area contributed by atoms with Gasteiger partial charge in [-0.2, -0.15) is 0 Å². The van der Waals surface area contributed by atoms with Crippen LogP contribution in [0.4, 0.5) is 0 Å². The van der Waals surface area contributed by atoms with Gasteiger partial charge in [-0.25, -0.2) is 8.42 Å². The molecule has 0 amide bonds. The maximum Gasteiger partial charge on any atom is 0.320 e.